The monoisotopic (exact) mass is 325 g/mol. The van der Waals surface area contributed by atoms with Crippen molar-refractivity contribution >= 4 is 21.6 Å². The molecule has 0 aliphatic carbocycles. The predicted octanol–water partition coefficient (Wildman–Crippen LogP) is 4.52. The second-order valence-electron chi connectivity index (χ2n) is 6.03. The summed E-state index contributed by atoms with van der Waals surface area (Å²) < 4.78 is 1.08. The number of halogens is 1. The topological polar surface area (TPSA) is 23.5 Å². The lowest BCUT2D eigenvalue weighted by atomic mass is 9.78. The van der Waals surface area contributed by atoms with E-state index in [9.17, 15) is 5.11 Å². The van der Waals surface area contributed by atoms with Crippen LogP contribution in [-0.2, 0) is 0 Å². The largest absolute Gasteiger partial charge is 0.389 e. The molecule has 106 valence electrons. The van der Waals surface area contributed by atoms with Gasteiger partial charge in [0.05, 0.1) is 6.10 Å². The lowest BCUT2D eigenvalue weighted by molar-refractivity contribution is 0.198. The summed E-state index contributed by atoms with van der Waals surface area (Å²) in [5.74, 6) is 0. The third-order valence-electron chi connectivity index (χ3n) is 4.61. The van der Waals surface area contributed by atoms with Crippen LogP contribution in [0.4, 0.5) is 5.69 Å². The van der Waals surface area contributed by atoms with Gasteiger partial charge < -0.3 is 10.0 Å². The summed E-state index contributed by atoms with van der Waals surface area (Å²) in [5.41, 5.74) is 2.71. The van der Waals surface area contributed by atoms with Gasteiger partial charge in [-0.1, -0.05) is 42.3 Å². The Hall–Kier alpha value is -0.540. The molecule has 1 unspecified atom stereocenters. The van der Waals surface area contributed by atoms with Crippen LogP contribution in [0.5, 0.6) is 0 Å². The standard InChI is InChI=1S/C16H24BrNO/c1-4-16(3)7-9-18(10-8-16)15-11-13(17)5-6-14(15)12(2)19/h5-6,11-12,19H,4,7-10H2,1-3H3. The molecule has 0 radical (unpaired) electrons. The van der Waals surface area contributed by atoms with Crippen LogP contribution in [0.3, 0.4) is 0 Å². The van der Waals surface area contributed by atoms with Crippen LogP contribution >= 0.6 is 15.9 Å². The highest BCUT2D eigenvalue weighted by Gasteiger charge is 2.29. The van der Waals surface area contributed by atoms with Gasteiger partial charge in [0, 0.05) is 28.8 Å². The van der Waals surface area contributed by atoms with Gasteiger partial charge in [0.1, 0.15) is 0 Å². The second kappa shape index (κ2) is 5.84. The third kappa shape index (κ3) is 3.32. The molecule has 2 rings (SSSR count). The average Bonchev–Trinajstić information content (AvgIpc) is 2.39. The number of hydrogen-bond donors (Lipinski definition) is 1. The number of anilines is 1. The Morgan fingerprint density at radius 1 is 1.37 bits per heavy atom. The number of aliphatic hydroxyl groups is 1. The van der Waals surface area contributed by atoms with Gasteiger partial charge >= 0.3 is 0 Å². The van der Waals surface area contributed by atoms with E-state index >= 15 is 0 Å². The minimum atomic E-state index is -0.414. The first-order chi connectivity index (χ1) is 8.95. The summed E-state index contributed by atoms with van der Waals surface area (Å²) in [4.78, 5) is 2.42. The Morgan fingerprint density at radius 2 is 2.00 bits per heavy atom. The van der Waals surface area contributed by atoms with Gasteiger partial charge in [0.2, 0.25) is 0 Å². The normalized spacial score (nSPS) is 20.4. The highest BCUT2D eigenvalue weighted by atomic mass is 79.9. The molecule has 1 heterocycles. The van der Waals surface area contributed by atoms with Crippen molar-refractivity contribution in [2.45, 2.75) is 46.1 Å². The van der Waals surface area contributed by atoms with Crippen LogP contribution in [0.2, 0.25) is 0 Å². The predicted molar refractivity (Wildman–Crippen MR) is 84.6 cm³/mol. The first kappa shape index (κ1) is 14.9. The molecule has 1 aromatic carbocycles. The van der Waals surface area contributed by atoms with Crippen molar-refractivity contribution in [2.24, 2.45) is 5.41 Å². The highest BCUT2D eigenvalue weighted by molar-refractivity contribution is 9.10. The number of hydrogen-bond acceptors (Lipinski definition) is 2. The van der Waals surface area contributed by atoms with Crippen LogP contribution in [0, 0.1) is 5.41 Å². The minimum Gasteiger partial charge on any atom is -0.389 e. The van der Waals surface area contributed by atoms with Crippen molar-refractivity contribution in [1.82, 2.24) is 0 Å². The number of piperidine rings is 1. The highest BCUT2D eigenvalue weighted by Crippen LogP contribution is 2.38. The number of nitrogens with zero attached hydrogens (tertiary/aromatic N) is 1. The molecule has 0 amide bonds. The van der Waals surface area contributed by atoms with Gasteiger partial charge in [-0.3, -0.25) is 0 Å². The van der Waals surface area contributed by atoms with E-state index in [0.29, 0.717) is 5.41 Å². The van der Waals surface area contributed by atoms with Crippen molar-refractivity contribution in [3.63, 3.8) is 0 Å². The average molecular weight is 326 g/mol. The van der Waals surface area contributed by atoms with Crippen molar-refractivity contribution in [2.75, 3.05) is 18.0 Å². The SMILES string of the molecule is CCC1(C)CCN(c2cc(Br)ccc2C(C)O)CC1. The van der Waals surface area contributed by atoms with E-state index in [1.165, 1.54) is 24.9 Å². The quantitative estimate of drug-likeness (QED) is 0.883. The van der Waals surface area contributed by atoms with Gasteiger partial charge in [0.25, 0.3) is 0 Å². The Labute approximate surface area is 124 Å². The molecule has 0 saturated carbocycles. The second-order valence-corrected chi connectivity index (χ2v) is 6.95. The zero-order valence-electron chi connectivity index (χ0n) is 12.1. The number of rotatable bonds is 3. The van der Waals surface area contributed by atoms with Crippen LogP contribution in [0.15, 0.2) is 22.7 Å². The lowest BCUT2D eigenvalue weighted by Crippen LogP contribution is -2.39. The minimum absolute atomic E-state index is 0.414. The van der Waals surface area contributed by atoms with Gasteiger partial charge in [-0.2, -0.15) is 0 Å². The molecule has 19 heavy (non-hydrogen) atoms. The van der Waals surface area contributed by atoms with Crippen molar-refractivity contribution in [3.8, 4) is 0 Å². The van der Waals surface area contributed by atoms with E-state index in [0.717, 1.165) is 23.1 Å². The van der Waals surface area contributed by atoms with E-state index in [4.69, 9.17) is 0 Å². The van der Waals surface area contributed by atoms with Crippen LogP contribution in [0.1, 0.15) is 51.7 Å². The lowest BCUT2D eigenvalue weighted by Gasteiger charge is -2.41. The van der Waals surface area contributed by atoms with Gasteiger partial charge in [-0.25, -0.2) is 0 Å². The van der Waals surface area contributed by atoms with Crippen LogP contribution < -0.4 is 4.90 Å². The van der Waals surface area contributed by atoms with Crippen LogP contribution in [0.25, 0.3) is 0 Å². The molecule has 1 aliphatic heterocycles. The molecule has 1 N–H and O–H groups in total. The molecular weight excluding hydrogens is 302 g/mol. The fraction of sp³-hybridized carbons (Fsp3) is 0.625. The zero-order chi connectivity index (χ0) is 14.0. The fourth-order valence-corrected chi connectivity index (χ4v) is 3.13. The van der Waals surface area contributed by atoms with E-state index in [2.05, 4.69) is 40.7 Å². The Bertz CT molecular complexity index is 436. The summed E-state index contributed by atoms with van der Waals surface area (Å²) in [7, 11) is 0. The summed E-state index contributed by atoms with van der Waals surface area (Å²) >= 11 is 3.54. The number of benzene rings is 1. The molecule has 1 aliphatic rings. The maximum Gasteiger partial charge on any atom is 0.0782 e. The Kier molecular flexibility index (Phi) is 4.57. The first-order valence-corrected chi connectivity index (χ1v) is 7.97. The molecule has 2 nitrogen and oxygen atoms in total. The molecule has 0 spiro atoms. The molecule has 1 fully saturated rings. The summed E-state index contributed by atoms with van der Waals surface area (Å²) in [6.07, 6.45) is 3.30. The fourth-order valence-electron chi connectivity index (χ4n) is 2.78. The summed E-state index contributed by atoms with van der Waals surface area (Å²) in [5, 5.41) is 9.93. The van der Waals surface area contributed by atoms with Gasteiger partial charge in [0.15, 0.2) is 0 Å². The summed E-state index contributed by atoms with van der Waals surface area (Å²) in [6, 6.07) is 6.17. The van der Waals surface area contributed by atoms with E-state index in [1.54, 1.807) is 0 Å². The molecule has 0 aromatic heterocycles. The molecule has 1 saturated heterocycles. The van der Waals surface area contributed by atoms with Crippen molar-refractivity contribution in [3.05, 3.63) is 28.2 Å². The summed E-state index contributed by atoms with van der Waals surface area (Å²) in [6.45, 7) is 8.69. The van der Waals surface area contributed by atoms with Gasteiger partial charge in [-0.15, -0.1) is 0 Å². The maximum atomic E-state index is 9.93. The van der Waals surface area contributed by atoms with Gasteiger partial charge in [-0.05, 0) is 37.3 Å². The van der Waals surface area contributed by atoms with E-state index in [-0.39, 0.29) is 0 Å². The molecule has 1 atom stereocenters. The molecule has 1 aromatic rings. The first-order valence-electron chi connectivity index (χ1n) is 7.18. The molecule has 0 bridgehead atoms. The Morgan fingerprint density at radius 3 is 2.53 bits per heavy atom. The Balaban J connectivity index is 2.21. The molecule has 3 heteroatoms. The van der Waals surface area contributed by atoms with Crippen molar-refractivity contribution in [1.29, 1.82) is 0 Å². The zero-order valence-corrected chi connectivity index (χ0v) is 13.7. The molecular formula is C16H24BrNO. The van der Waals surface area contributed by atoms with E-state index < -0.39 is 6.10 Å². The third-order valence-corrected chi connectivity index (χ3v) is 5.10. The maximum absolute atomic E-state index is 9.93. The van der Waals surface area contributed by atoms with Crippen LogP contribution in [-0.4, -0.2) is 18.2 Å². The smallest absolute Gasteiger partial charge is 0.0782 e. The van der Waals surface area contributed by atoms with E-state index in [1.807, 2.05) is 19.1 Å². The number of aliphatic hydroxyl groups excluding tert-OH is 1. The van der Waals surface area contributed by atoms with Crippen molar-refractivity contribution < 1.29 is 5.11 Å².